The first-order valence-corrected chi connectivity index (χ1v) is 9.74. The average molecular weight is 377 g/mol. The number of hydrogen-bond donors (Lipinski definition) is 0. The van der Waals surface area contributed by atoms with Crippen LogP contribution in [-0.4, -0.2) is 61.5 Å². The van der Waals surface area contributed by atoms with E-state index < -0.39 is 0 Å². The summed E-state index contributed by atoms with van der Waals surface area (Å²) in [5.41, 5.74) is 6.23. The molecule has 3 aliphatic heterocycles. The molecule has 1 aromatic heterocycles. The van der Waals surface area contributed by atoms with Crippen LogP contribution in [-0.2, 0) is 20.6 Å². The summed E-state index contributed by atoms with van der Waals surface area (Å²) in [5, 5.41) is 0. The summed E-state index contributed by atoms with van der Waals surface area (Å²) < 4.78 is 17.0. The molecule has 1 fully saturated rings. The Morgan fingerprint density at radius 1 is 1.11 bits per heavy atom. The molecular weight excluding hydrogens is 354 g/mol. The lowest BCUT2D eigenvalue weighted by molar-refractivity contribution is -0.103. The van der Waals surface area contributed by atoms with Crippen LogP contribution in [0.2, 0.25) is 0 Å². The van der Waals surface area contributed by atoms with Crippen molar-refractivity contribution in [1.29, 1.82) is 0 Å². The number of pyridine rings is 1. The Bertz CT molecular complexity index is 904. The van der Waals surface area contributed by atoms with E-state index in [1.165, 1.54) is 28.0 Å². The van der Waals surface area contributed by atoms with Crippen LogP contribution >= 0.6 is 0 Å². The second-order valence-electron chi connectivity index (χ2n) is 7.17. The first kappa shape index (κ1) is 17.4. The van der Waals surface area contributed by atoms with Gasteiger partial charge < -0.3 is 19.1 Å². The van der Waals surface area contributed by atoms with Crippen molar-refractivity contribution in [3.8, 4) is 11.1 Å². The molecule has 0 amide bonds. The number of benzene rings is 1. The minimum atomic E-state index is -0.0190. The molecule has 3 aliphatic rings. The van der Waals surface area contributed by atoms with Gasteiger partial charge in [0.05, 0.1) is 25.5 Å². The van der Waals surface area contributed by atoms with Crippen LogP contribution in [0.1, 0.15) is 11.1 Å². The molecule has 6 nitrogen and oxygen atoms in total. The van der Waals surface area contributed by atoms with E-state index >= 15 is 0 Å². The van der Waals surface area contributed by atoms with Crippen LogP contribution in [0.5, 0.6) is 0 Å². The maximum absolute atomic E-state index is 5.91. The van der Waals surface area contributed by atoms with Gasteiger partial charge in [0, 0.05) is 30.6 Å². The molecule has 5 rings (SSSR count). The Morgan fingerprint density at radius 3 is 2.89 bits per heavy atom. The molecule has 4 heterocycles. The quantitative estimate of drug-likeness (QED) is 0.823. The van der Waals surface area contributed by atoms with Crippen LogP contribution in [0, 0.1) is 0 Å². The van der Waals surface area contributed by atoms with Crippen molar-refractivity contribution in [2.45, 2.75) is 12.5 Å². The molecule has 0 spiro atoms. The number of rotatable bonds is 3. The minimum Gasteiger partial charge on any atom is -0.475 e. The molecule has 1 saturated heterocycles. The van der Waals surface area contributed by atoms with E-state index in [1.54, 1.807) is 0 Å². The summed E-state index contributed by atoms with van der Waals surface area (Å²) in [6.45, 7) is 3.94. The van der Waals surface area contributed by atoms with Gasteiger partial charge in [0.1, 0.15) is 19.4 Å². The normalized spacial score (nSPS) is 21.3. The number of nitrogens with zero attached hydrogens (tertiary/aromatic N) is 3. The smallest absolute Gasteiger partial charge is 0.212 e. The van der Waals surface area contributed by atoms with Crippen LogP contribution in [0.4, 0.5) is 0 Å². The number of hydrogen-bond acceptors (Lipinski definition) is 6. The standard InChI is InChI=1S/C22H23N3O3/c1-2-20-18(11-17(1)16-3-6-23-7-4-16)5-8-25-15-24-22(12-21(20)25)28-14-19-13-26-9-10-27-19/h1-4,6-7,11-12,19H,5,8-10,13-15H2. The number of fused-ring (bicyclic) bond motifs is 3. The van der Waals surface area contributed by atoms with Crippen LogP contribution in [0.3, 0.4) is 0 Å². The van der Waals surface area contributed by atoms with Gasteiger partial charge in [-0.05, 0) is 35.2 Å². The van der Waals surface area contributed by atoms with E-state index in [1.807, 2.05) is 24.5 Å². The number of ether oxygens (including phenoxy) is 3. The van der Waals surface area contributed by atoms with Crippen molar-refractivity contribution >= 4 is 11.6 Å². The van der Waals surface area contributed by atoms with Crippen molar-refractivity contribution in [2.75, 3.05) is 39.6 Å². The van der Waals surface area contributed by atoms with Crippen LogP contribution in [0.25, 0.3) is 16.8 Å². The fourth-order valence-electron chi connectivity index (χ4n) is 3.85. The molecule has 6 heteroatoms. The average Bonchev–Trinajstić information content (AvgIpc) is 2.78. The molecule has 0 radical (unpaired) electrons. The highest BCUT2D eigenvalue weighted by molar-refractivity contribution is 5.97. The first-order valence-electron chi connectivity index (χ1n) is 9.74. The van der Waals surface area contributed by atoms with E-state index in [-0.39, 0.29) is 6.10 Å². The van der Waals surface area contributed by atoms with E-state index in [2.05, 4.69) is 39.2 Å². The van der Waals surface area contributed by atoms with Gasteiger partial charge >= 0.3 is 0 Å². The second-order valence-corrected chi connectivity index (χ2v) is 7.17. The lowest BCUT2D eigenvalue weighted by atomic mass is 9.92. The molecule has 0 saturated carbocycles. The van der Waals surface area contributed by atoms with Gasteiger partial charge in [-0.15, -0.1) is 0 Å². The van der Waals surface area contributed by atoms with E-state index in [9.17, 15) is 0 Å². The zero-order valence-electron chi connectivity index (χ0n) is 15.7. The van der Waals surface area contributed by atoms with Gasteiger partial charge in [0.25, 0.3) is 0 Å². The molecule has 1 atom stereocenters. The van der Waals surface area contributed by atoms with Gasteiger partial charge in [-0.25, -0.2) is 4.99 Å². The first-order chi connectivity index (χ1) is 13.9. The van der Waals surface area contributed by atoms with E-state index in [4.69, 9.17) is 14.2 Å². The topological polar surface area (TPSA) is 56.2 Å². The maximum Gasteiger partial charge on any atom is 0.212 e. The third kappa shape index (κ3) is 3.53. The summed E-state index contributed by atoms with van der Waals surface area (Å²) in [6.07, 6.45) is 6.72. The van der Waals surface area contributed by atoms with Gasteiger partial charge in [0.15, 0.2) is 0 Å². The number of aliphatic imine (C=N–C) groups is 1. The molecule has 144 valence electrons. The van der Waals surface area contributed by atoms with Gasteiger partial charge in [0.2, 0.25) is 5.90 Å². The van der Waals surface area contributed by atoms with E-state index in [0.29, 0.717) is 39.0 Å². The third-order valence-electron chi connectivity index (χ3n) is 5.35. The lowest BCUT2D eigenvalue weighted by Crippen LogP contribution is -2.35. The van der Waals surface area contributed by atoms with Crippen molar-refractivity contribution < 1.29 is 14.2 Å². The molecule has 2 aromatic rings. The SMILES string of the molecule is C1=C2c3ccc(-c4ccncc4)cc3CCN2CN=C1OCC1COCCO1. The van der Waals surface area contributed by atoms with Crippen molar-refractivity contribution in [3.05, 3.63) is 59.9 Å². The van der Waals surface area contributed by atoms with Crippen molar-refractivity contribution in [1.82, 2.24) is 9.88 Å². The molecule has 0 bridgehead atoms. The zero-order valence-corrected chi connectivity index (χ0v) is 15.7. The Balaban J connectivity index is 1.36. The molecule has 0 N–H and O–H groups in total. The second kappa shape index (κ2) is 7.73. The highest BCUT2D eigenvalue weighted by atomic mass is 16.6. The fraction of sp³-hybridized carbons (Fsp3) is 0.364. The summed E-state index contributed by atoms with van der Waals surface area (Å²) in [4.78, 5) is 11.0. The van der Waals surface area contributed by atoms with Crippen LogP contribution in [0.15, 0.2) is 53.8 Å². The zero-order chi connectivity index (χ0) is 18.8. The Labute approximate surface area is 164 Å². The predicted molar refractivity (Wildman–Crippen MR) is 107 cm³/mol. The highest BCUT2D eigenvalue weighted by Crippen LogP contribution is 2.33. The Kier molecular flexibility index (Phi) is 4.81. The summed E-state index contributed by atoms with van der Waals surface area (Å²) in [7, 11) is 0. The van der Waals surface area contributed by atoms with Crippen molar-refractivity contribution in [3.63, 3.8) is 0 Å². The minimum absolute atomic E-state index is 0.0190. The molecule has 1 aromatic carbocycles. The van der Waals surface area contributed by atoms with Gasteiger partial charge in [-0.3, -0.25) is 4.98 Å². The van der Waals surface area contributed by atoms with Crippen LogP contribution < -0.4 is 0 Å². The largest absolute Gasteiger partial charge is 0.475 e. The number of aromatic nitrogens is 1. The lowest BCUT2D eigenvalue weighted by Gasteiger charge is -2.34. The summed E-state index contributed by atoms with van der Waals surface area (Å²) in [5.74, 6) is 0.673. The summed E-state index contributed by atoms with van der Waals surface area (Å²) in [6, 6.07) is 10.8. The monoisotopic (exact) mass is 377 g/mol. The third-order valence-corrected chi connectivity index (χ3v) is 5.35. The highest BCUT2D eigenvalue weighted by Gasteiger charge is 2.25. The molecule has 1 unspecified atom stereocenters. The van der Waals surface area contributed by atoms with Gasteiger partial charge in [-0.1, -0.05) is 18.2 Å². The molecular formula is C22H23N3O3. The predicted octanol–water partition coefficient (Wildman–Crippen LogP) is 2.75. The molecule has 28 heavy (non-hydrogen) atoms. The summed E-state index contributed by atoms with van der Waals surface area (Å²) >= 11 is 0. The van der Waals surface area contributed by atoms with Crippen molar-refractivity contribution in [2.24, 2.45) is 4.99 Å². The maximum atomic E-state index is 5.91. The molecule has 0 aliphatic carbocycles. The van der Waals surface area contributed by atoms with E-state index in [0.717, 1.165) is 13.0 Å². The van der Waals surface area contributed by atoms with Gasteiger partial charge in [-0.2, -0.15) is 0 Å². The Hall–Kier alpha value is -2.70. The fourth-order valence-corrected chi connectivity index (χ4v) is 3.85. The Morgan fingerprint density at radius 2 is 2.04 bits per heavy atom.